The van der Waals surface area contributed by atoms with Crippen molar-refractivity contribution in [2.75, 3.05) is 52.5 Å². The van der Waals surface area contributed by atoms with Crippen molar-refractivity contribution in [2.45, 2.75) is 71.4 Å². The molecule has 7 nitrogen and oxygen atoms in total. The van der Waals surface area contributed by atoms with Crippen LogP contribution in [0.4, 0.5) is 0 Å². The number of aliphatic imine (C=N–C) groups is 1. The van der Waals surface area contributed by atoms with Gasteiger partial charge in [-0.3, -0.25) is 14.7 Å². The molecule has 0 aromatic carbocycles. The predicted octanol–water partition coefficient (Wildman–Crippen LogP) is 2.08. The van der Waals surface area contributed by atoms with E-state index in [4.69, 9.17) is 9.73 Å². The van der Waals surface area contributed by atoms with E-state index < -0.39 is 0 Å². The number of ether oxygens (including phenoxy) is 1. The number of carbonyl (C=O) groups is 1. The van der Waals surface area contributed by atoms with Crippen molar-refractivity contribution in [3.63, 3.8) is 0 Å². The minimum absolute atomic E-state index is 0.274. The summed E-state index contributed by atoms with van der Waals surface area (Å²) in [5.41, 5.74) is 0. The van der Waals surface area contributed by atoms with E-state index in [1.54, 1.807) is 0 Å². The van der Waals surface area contributed by atoms with Crippen LogP contribution in [0.3, 0.4) is 0 Å². The van der Waals surface area contributed by atoms with Gasteiger partial charge in [0.2, 0.25) is 5.91 Å². The minimum Gasteiger partial charge on any atom is -0.379 e. The highest BCUT2D eigenvalue weighted by molar-refractivity contribution is 5.81. The van der Waals surface area contributed by atoms with Crippen LogP contribution >= 0.6 is 0 Å². The third kappa shape index (κ3) is 6.84. The summed E-state index contributed by atoms with van der Waals surface area (Å²) in [5, 5.41) is 7.02. The van der Waals surface area contributed by atoms with Crippen molar-refractivity contribution in [3.8, 4) is 0 Å². The Labute approximate surface area is 183 Å². The Bertz CT molecular complexity index is 556. The van der Waals surface area contributed by atoms with Gasteiger partial charge in [-0.15, -0.1) is 0 Å². The maximum absolute atomic E-state index is 12.7. The first-order chi connectivity index (χ1) is 14.6. The summed E-state index contributed by atoms with van der Waals surface area (Å²) in [5.74, 6) is 2.19. The highest BCUT2D eigenvalue weighted by Gasteiger charge is 2.32. The molecule has 2 N–H and O–H groups in total. The van der Waals surface area contributed by atoms with E-state index in [1.165, 1.54) is 12.8 Å². The van der Waals surface area contributed by atoms with Crippen molar-refractivity contribution in [1.82, 2.24) is 20.4 Å². The molecule has 1 aliphatic carbocycles. The zero-order valence-electron chi connectivity index (χ0n) is 19.4. The second-order valence-corrected chi connectivity index (χ2v) is 9.55. The van der Waals surface area contributed by atoms with Gasteiger partial charge in [0.05, 0.1) is 19.8 Å². The highest BCUT2D eigenvalue weighted by Crippen LogP contribution is 2.27. The summed E-state index contributed by atoms with van der Waals surface area (Å²) in [4.78, 5) is 22.3. The predicted molar refractivity (Wildman–Crippen MR) is 122 cm³/mol. The van der Waals surface area contributed by atoms with E-state index in [2.05, 4.69) is 41.2 Å². The molecule has 30 heavy (non-hydrogen) atoms. The Morgan fingerprint density at radius 2 is 1.87 bits per heavy atom. The average Bonchev–Trinajstić information content (AvgIpc) is 3.43. The Morgan fingerprint density at radius 1 is 1.13 bits per heavy atom. The smallest absolute Gasteiger partial charge is 0.225 e. The van der Waals surface area contributed by atoms with Crippen LogP contribution in [0.2, 0.25) is 0 Å². The topological polar surface area (TPSA) is 69.2 Å². The molecule has 172 valence electrons. The fourth-order valence-electron chi connectivity index (χ4n) is 5.05. The van der Waals surface area contributed by atoms with Crippen molar-refractivity contribution in [3.05, 3.63) is 0 Å². The van der Waals surface area contributed by atoms with E-state index in [0.717, 1.165) is 84.1 Å². The number of rotatable bonds is 8. The number of guanidine groups is 1. The van der Waals surface area contributed by atoms with Gasteiger partial charge >= 0.3 is 0 Å². The molecule has 0 spiro atoms. The first-order valence-electron chi connectivity index (χ1n) is 12.2. The Balaban J connectivity index is 1.54. The Morgan fingerprint density at radius 3 is 2.53 bits per heavy atom. The monoisotopic (exact) mass is 421 g/mol. The molecule has 2 atom stereocenters. The van der Waals surface area contributed by atoms with Crippen LogP contribution in [0.1, 0.15) is 59.3 Å². The molecular formula is C23H43N5O2. The van der Waals surface area contributed by atoms with Gasteiger partial charge in [0.25, 0.3) is 0 Å². The van der Waals surface area contributed by atoms with Gasteiger partial charge in [0.1, 0.15) is 0 Å². The van der Waals surface area contributed by atoms with Crippen LogP contribution in [0, 0.1) is 11.8 Å². The number of carbonyl (C=O) groups excluding carboxylic acids is 1. The lowest BCUT2D eigenvalue weighted by Gasteiger charge is -2.34. The maximum atomic E-state index is 12.7. The number of likely N-dealkylation sites (tertiary alicyclic amines) is 1. The zero-order chi connectivity index (χ0) is 21.3. The molecule has 2 unspecified atom stereocenters. The van der Waals surface area contributed by atoms with Gasteiger partial charge in [-0.05, 0) is 38.5 Å². The third-order valence-electron chi connectivity index (χ3n) is 6.66. The third-order valence-corrected chi connectivity index (χ3v) is 6.66. The lowest BCUT2D eigenvalue weighted by Crippen LogP contribution is -2.48. The van der Waals surface area contributed by atoms with Crippen molar-refractivity contribution >= 4 is 11.9 Å². The van der Waals surface area contributed by atoms with Crippen LogP contribution in [0.25, 0.3) is 0 Å². The van der Waals surface area contributed by atoms with Gasteiger partial charge in [-0.2, -0.15) is 0 Å². The molecule has 0 aromatic heterocycles. The van der Waals surface area contributed by atoms with Crippen LogP contribution in [-0.4, -0.2) is 86.2 Å². The largest absolute Gasteiger partial charge is 0.379 e. The second kappa shape index (κ2) is 11.9. The van der Waals surface area contributed by atoms with Gasteiger partial charge in [0, 0.05) is 50.7 Å². The molecule has 2 saturated heterocycles. The first kappa shape index (κ1) is 23.3. The summed E-state index contributed by atoms with van der Waals surface area (Å²) >= 11 is 0. The number of hydrogen-bond acceptors (Lipinski definition) is 4. The molecule has 3 rings (SSSR count). The molecule has 0 radical (unpaired) electrons. The Kier molecular flexibility index (Phi) is 9.25. The van der Waals surface area contributed by atoms with Gasteiger partial charge < -0.3 is 20.3 Å². The second-order valence-electron chi connectivity index (χ2n) is 9.55. The summed E-state index contributed by atoms with van der Waals surface area (Å²) in [6.07, 6.45) is 6.73. The molecule has 3 aliphatic rings. The van der Waals surface area contributed by atoms with E-state index in [0.29, 0.717) is 23.9 Å². The fourth-order valence-corrected chi connectivity index (χ4v) is 5.05. The standard InChI is InChI=1S/C23H43N5O2/c1-4-24-23(25-16-21(15-18(2)3)27-11-13-30-14-12-27)26-20-9-10-28(17-20)22(29)19-7-5-6-8-19/h18-21H,4-17H2,1-3H3,(H2,24,25,26). The summed E-state index contributed by atoms with van der Waals surface area (Å²) in [6.45, 7) is 13.6. The average molecular weight is 422 g/mol. The lowest BCUT2D eigenvalue weighted by molar-refractivity contribution is -0.134. The van der Waals surface area contributed by atoms with Crippen molar-refractivity contribution < 1.29 is 9.53 Å². The normalized spacial score (nSPS) is 25.1. The molecule has 0 bridgehead atoms. The molecule has 7 heteroatoms. The van der Waals surface area contributed by atoms with Crippen LogP contribution < -0.4 is 10.6 Å². The summed E-state index contributed by atoms with van der Waals surface area (Å²) in [6, 6.07) is 0.744. The molecule has 3 fully saturated rings. The van der Waals surface area contributed by atoms with Crippen LogP contribution in [0.15, 0.2) is 4.99 Å². The molecule has 0 aromatic rings. The van der Waals surface area contributed by atoms with Gasteiger partial charge in [-0.1, -0.05) is 26.7 Å². The minimum atomic E-state index is 0.274. The quantitative estimate of drug-likeness (QED) is 0.464. The molecule has 2 heterocycles. The fraction of sp³-hybridized carbons (Fsp3) is 0.913. The number of amides is 1. The number of morpholine rings is 1. The van der Waals surface area contributed by atoms with Crippen LogP contribution in [0.5, 0.6) is 0 Å². The maximum Gasteiger partial charge on any atom is 0.225 e. The highest BCUT2D eigenvalue weighted by atomic mass is 16.5. The van der Waals surface area contributed by atoms with E-state index >= 15 is 0 Å². The number of hydrogen-bond donors (Lipinski definition) is 2. The van der Waals surface area contributed by atoms with Crippen molar-refractivity contribution in [2.24, 2.45) is 16.8 Å². The van der Waals surface area contributed by atoms with Gasteiger partial charge in [0.15, 0.2) is 5.96 Å². The molecule has 1 saturated carbocycles. The Hall–Kier alpha value is -1.34. The molecule has 2 aliphatic heterocycles. The van der Waals surface area contributed by atoms with Gasteiger partial charge in [-0.25, -0.2) is 0 Å². The van der Waals surface area contributed by atoms with E-state index in [-0.39, 0.29) is 5.92 Å². The SMILES string of the molecule is CCNC(=NCC(CC(C)C)N1CCOCC1)NC1CCN(C(=O)C2CCCC2)C1. The molecule has 1 amide bonds. The van der Waals surface area contributed by atoms with E-state index in [1.807, 2.05) is 0 Å². The number of nitrogens with one attached hydrogen (secondary N) is 2. The first-order valence-corrected chi connectivity index (χ1v) is 12.2. The lowest BCUT2D eigenvalue weighted by atomic mass is 10.0. The number of nitrogens with zero attached hydrogens (tertiary/aromatic N) is 3. The zero-order valence-corrected chi connectivity index (χ0v) is 19.4. The van der Waals surface area contributed by atoms with Crippen molar-refractivity contribution in [1.29, 1.82) is 0 Å². The molecular weight excluding hydrogens is 378 g/mol. The van der Waals surface area contributed by atoms with E-state index in [9.17, 15) is 4.79 Å². The summed E-state index contributed by atoms with van der Waals surface area (Å²) < 4.78 is 5.54. The van der Waals surface area contributed by atoms with Crippen LogP contribution in [-0.2, 0) is 9.53 Å². The summed E-state index contributed by atoms with van der Waals surface area (Å²) in [7, 11) is 0.